The van der Waals surface area contributed by atoms with Crippen LogP contribution in [0.15, 0.2) is 54.9 Å². The number of aromatic nitrogens is 2. The fourth-order valence-corrected chi connectivity index (χ4v) is 3.23. The molecule has 0 fully saturated rings. The van der Waals surface area contributed by atoms with Crippen LogP contribution in [0.4, 0.5) is 13.2 Å². The lowest BCUT2D eigenvalue weighted by atomic mass is 10.1. The minimum absolute atomic E-state index is 0. The van der Waals surface area contributed by atoms with Gasteiger partial charge in [0.1, 0.15) is 17.8 Å². The predicted molar refractivity (Wildman–Crippen MR) is 113 cm³/mol. The fourth-order valence-electron chi connectivity index (χ4n) is 2.90. The minimum atomic E-state index is -4.35. The molecule has 3 aromatic rings. The van der Waals surface area contributed by atoms with Crippen molar-refractivity contribution in [2.75, 3.05) is 0 Å². The van der Waals surface area contributed by atoms with Crippen molar-refractivity contribution in [2.24, 2.45) is 0 Å². The number of benzene rings is 2. The highest BCUT2D eigenvalue weighted by Crippen LogP contribution is 2.31. The highest BCUT2D eigenvalue weighted by Gasteiger charge is 2.30. The van der Waals surface area contributed by atoms with E-state index in [1.807, 2.05) is 19.1 Å². The fraction of sp³-hybridized carbons (Fsp3) is 0.304. The van der Waals surface area contributed by atoms with E-state index in [9.17, 15) is 13.2 Å². The van der Waals surface area contributed by atoms with Gasteiger partial charge in [-0.3, -0.25) is 0 Å². The van der Waals surface area contributed by atoms with Crippen molar-refractivity contribution < 1.29 is 17.9 Å². The molecule has 3 nitrogen and oxygen atoms in total. The molecule has 0 bridgehead atoms. The van der Waals surface area contributed by atoms with E-state index in [-0.39, 0.29) is 7.43 Å². The van der Waals surface area contributed by atoms with E-state index in [1.165, 1.54) is 12.1 Å². The Hall–Kier alpha value is -2.60. The van der Waals surface area contributed by atoms with E-state index in [1.54, 1.807) is 18.5 Å². The third-order valence-corrected chi connectivity index (χ3v) is 4.92. The van der Waals surface area contributed by atoms with Gasteiger partial charge >= 0.3 is 6.18 Å². The minimum Gasteiger partial charge on any atom is -0.457 e. The first kappa shape index (κ1) is 23.7. The van der Waals surface area contributed by atoms with E-state index < -0.39 is 11.7 Å². The summed E-state index contributed by atoms with van der Waals surface area (Å²) in [6.07, 6.45) is 0.468. The molecule has 0 atom stereocenters. The lowest BCUT2D eigenvalue weighted by molar-refractivity contribution is -0.137. The number of hydrogen-bond acceptors (Lipinski definition) is 3. The monoisotopic (exact) mass is 436 g/mol. The van der Waals surface area contributed by atoms with Crippen LogP contribution in [0.5, 0.6) is 11.5 Å². The Morgan fingerprint density at radius 1 is 0.867 bits per heavy atom. The molecule has 0 unspecified atom stereocenters. The standard InChI is InChI=1S/C22H20ClF3N2O.CH4/c1-2-19-21(23)20(28-14-27-19)5-3-4-15-6-10-17(11-7-15)29-18-12-8-16(9-13-18)22(24,25)26;/h6-14H,2-5H2,1H3;1H4. The Morgan fingerprint density at radius 2 is 1.43 bits per heavy atom. The zero-order valence-corrected chi connectivity index (χ0v) is 16.6. The molecule has 0 N–H and O–H groups in total. The molecule has 7 heteroatoms. The molecule has 2 aromatic carbocycles. The number of nitrogens with zero attached hydrogens (tertiary/aromatic N) is 2. The molecular weight excluding hydrogens is 413 g/mol. The van der Waals surface area contributed by atoms with E-state index in [4.69, 9.17) is 16.3 Å². The van der Waals surface area contributed by atoms with Gasteiger partial charge < -0.3 is 4.74 Å². The van der Waals surface area contributed by atoms with Crippen LogP contribution in [0.3, 0.4) is 0 Å². The number of ether oxygens (including phenoxy) is 1. The molecule has 0 spiro atoms. The molecule has 0 saturated heterocycles. The van der Waals surface area contributed by atoms with Gasteiger partial charge in [-0.05, 0) is 67.6 Å². The molecule has 0 aliphatic carbocycles. The summed E-state index contributed by atoms with van der Waals surface area (Å²) in [5, 5.41) is 0.648. The molecule has 1 aromatic heterocycles. The first-order valence-electron chi connectivity index (χ1n) is 9.29. The van der Waals surface area contributed by atoms with Gasteiger partial charge in [-0.1, -0.05) is 38.1 Å². The van der Waals surface area contributed by atoms with Gasteiger partial charge in [0.15, 0.2) is 0 Å². The van der Waals surface area contributed by atoms with Crippen molar-refractivity contribution in [2.45, 2.75) is 46.2 Å². The zero-order valence-electron chi connectivity index (χ0n) is 15.8. The Bertz CT molecular complexity index is 942. The van der Waals surface area contributed by atoms with Crippen LogP contribution in [-0.4, -0.2) is 9.97 Å². The number of halogens is 4. The summed E-state index contributed by atoms with van der Waals surface area (Å²) in [5.74, 6) is 0.927. The van der Waals surface area contributed by atoms with Crippen molar-refractivity contribution >= 4 is 11.6 Å². The summed E-state index contributed by atoms with van der Waals surface area (Å²) in [4.78, 5) is 8.44. The number of rotatable bonds is 7. The summed E-state index contributed by atoms with van der Waals surface area (Å²) in [6.45, 7) is 2.01. The van der Waals surface area contributed by atoms with Gasteiger partial charge in [-0.25, -0.2) is 9.97 Å². The van der Waals surface area contributed by atoms with Crippen LogP contribution in [0, 0.1) is 0 Å². The van der Waals surface area contributed by atoms with Crippen LogP contribution >= 0.6 is 11.6 Å². The van der Waals surface area contributed by atoms with Gasteiger partial charge in [-0.2, -0.15) is 13.2 Å². The lowest BCUT2D eigenvalue weighted by Gasteiger charge is -2.10. The van der Waals surface area contributed by atoms with Crippen LogP contribution in [-0.2, 0) is 25.4 Å². The third-order valence-electron chi connectivity index (χ3n) is 4.49. The summed E-state index contributed by atoms with van der Waals surface area (Å²) in [7, 11) is 0. The van der Waals surface area contributed by atoms with Crippen molar-refractivity contribution in [3.63, 3.8) is 0 Å². The number of hydrogen-bond donors (Lipinski definition) is 0. The molecular formula is C23H24ClF3N2O. The van der Waals surface area contributed by atoms with Crippen LogP contribution in [0.25, 0.3) is 0 Å². The third kappa shape index (κ3) is 6.20. The van der Waals surface area contributed by atoms with E-state index >= 15 is 0 Å². The normalized spacial score (nSPS) is 11.1. The second kappa shape index (κ2) is 10.4. The highest BCUT2D eigenvalue weighted by molar-refractivity contribution is 6.31. The van der Waals surface area contributed by atoms with Gasteiger partial charge in [0.05, 0.1) is 22.0 Å². The van der Waals surface area contributed by atoms with Crippen molar-refractivity contribution in [1.82, 2.24) is 9.97 Å². The maximum atomic E-state index is 12.6. The number of aryl methyl sites for hydroxylation is 3. The van der Waals surface area contributed by atoms with Crippen molar-refractivity contribution in [3.8, 4) is 11.5 Å². The van der Waals surface area contributed by atoms with Gasteiger partial charge in [0, 0.05) is 0 Å². The lowest BCUT2D eigenvalue weighted by Crippen LogP contribution is -2.03. The maximum Gasteiger partial charge on any atom is 0.416 e. The molecule has 30 heavy (non-hydrogen) atoms. The number of alkyl halides is 3. The summed E-state index contributed by atoms with van der Waals surface area (Å²) < 4.78 is 43.4. The smallest absolute Gasteiger partial charge is 0.416 e. The Balaban J connectivity index is 0.00000320. The first-order valence-corrected chi connectivity index (χ1v) is 9.67. The topological polar surface area (TPSA) is 35.0 Å². The molecule has 1 heterocycles. The highest BCUT2D eigenvalue weighted by atomic mass is 35.5. The predicted octanol–water partition coefficient (Wildman–Crippen LogP) is 7.31. The van der Waals surface area contributed by atoms with Crippen molar-refractivity contribution in [3.05, 3.63) is 82.4 Å². The molecule has 0 aliphatic heterocycles. The van der Waals surface area contributed by atoms with Crippen LogP contribution < -0.4 is 4.74 Å². The second-order valence-corrected chi connectivity index (χ2v) is 6.93. The summed E-state index contributed by atoms with van der Waals surface area (Å²) in [6, 6.07) is 12.1. The molecule has 3 rings (SSSR count). The van der Waals surface area contributed by atoms with E-state index in [2.05, 4.69) is 9.97 Å². The van der Waals surface area contributed by atoms with Crippen molar-refractivity contribution in [1.29, 1.82) is 0 Å². The molecule has 0 aliphatic rings. The average molecular weight is 437 g/mol. The Morgan fingerprint density at radius 3 is 2.00 bits per heavy atom. The molecule has 0 amide bonds. The van der Waals surface area contributed by atoms with Gasteiger partial charge in [0.25, 0.3) is 0 Å². The van der Waals surface area contributed by atoms with Gasteiger partial charge in [-0.15, -0.1) is 0 Å². The molecule has 160 valence electrons. The Labute approximate surface area is 179 Å². The quantitative estimate of drug-likeness (QED) is 0.389. The average Bonchev–Trinajstić information content (AvgIpc) is 2.70. The summed E-state index contributed by atoms with van der Waals surface area (Å²) >= 11 is 6.32. The maximum absolute atomic E-state index is 12.6. The molecule has 0 radical (unpaired) electrons. The molecule has 0 saturated carbocycles. The SMILES string of the molecule is C.CCc1ncnc(CCCc2ccc(Oc3ccc(C(F)(F)F)cc3)cc2)c1Cl. The first-order chi connectivity index (χ1) is 13.9. The largest absolute Gasteiger partial charge is 0.457 e. The second-order valence-electron chi connectivity index (χ2n) is 6.56. The van der Waals surface area contributed by atoms with Crippen LogP contribution in [0.2, 0.25) is 5.02 Å². The van der Waals surface area contributed by atoms with Crippen LogP contribution in [0.1, 0.15) is 43.3 Å². The van der Waals surface area contributed by atoms with E-state index in [0.29, 0.717) is 16.5 Å². The summed E-state index contributed by atoms with van der Waals surface area (Å²) in [5.41, 5.74) is 2.16. The Kier molecular flexibility index (Phi) is 8.24. The van der Waals surface area contributed by atoms with E-state index in [0.717, 1.165) is 54.8 Å². The van der Waals surface area contributed by atoms with Gasteiger partial charge in [0.2, 0.25) is 0 Å². The zero-order chi connectivity index (χ0) is 20.9.